The maximum absolute atomic E-state index is 3.54. The van der Waals surface area contributed by atoms with Crippen LogP contribution < -0.4 is 5.32 Å². The van der Waals surface area contributed by atoms with Crippen LogP contribution in [0.25, 0.3) is 0 Å². The van der Waals surface area contributed by atoms with Gasteiger partial charge in [0.15, 0.2) is 0 Å². The standard InChI is InChI=1S/C15H29N/c1-4-16-10-14-7-8-15(14)13-6-5-11(2)12(3)9-13/h11-16H,4-10H2,1-3H3. The molecule has 0 amide bonds. The highest BCUT2D eigenvalue weighted by atomic mass is 14.9. The van der Waals surface area contributed by atoms with Crippen LogP contribution in [0.4, 0.5) is 0 Å². The summed E-state index contributed by atoms with van der Waals surface area (Å²) < 4.78 is 0. The fourth-order valence-corrected chi connectivity index (χ4v) is 3.78. The van der Waals surface area contributed by atoms with Gasteiger partial charge in [-0.2, -0.15) is 0 Å². The van der Waals surface area contributed by atoms with Crippen LogP contribution in [0.5, 0.6) is 0 Å². The zero-order valence-corrected chi connectivity index (χ0v) is 11.3. The number of hydrogen-bond donors (Lipinski definition) is 1. The van der Waals surface area contributed by atoms with Crippen LogP contribution in [0.15, 0.2) is 0 Å². The lowest BCUT2D eigenvalue weighted by Crippen LogP contribution is -2.41. The molecule has 0 aromatic heterocycles. The Hall–Kier alpha value is -0.0400. The maximum atomic E-state index is 3.54. The van der Waals surface area contributed by atoms with Crippen molar-refractivity contribution >= 4 is 0 Å². The van der Waals surface area contributed by atoms with Crippen molar-refractivity contribution in [1.82, 2.24) is 5.32 Å². The molecule has 2 aliphatic carbocycles. The first-order valence-electron chi connectivity index (χ1n) is 7.43. The van der Waals surface area contributed by atoms with E-state index in [4.69, 9.17) is 0 Å². The maximum Gasteiger partial charge on any atom is -0.00179 e. The Balaban J connectivity index is 1.79. The van der Waals surface area contributed by atoms with E-state index in [0.29, 0.717) is 0 Å². The van der Waals surface area contributed by atoms with Gasteiger partial charge >= 0.3 is 0 Å². The van der Waals surface area contributed by atoms with Crippen LogP contribution in [0.2, 0.25) is 0 Å². The second-order valence-electron chi connectivity index (χ2n) is 6.34. The van der Waals surface area contributed by atoms with Crippen LogP contribution in [-0.2, 0) is 0 Å². The number of nitrogens with one attached hydrogen (secondary N) is 1. The molecule has 1 heteroatoms. The minimum absolute atomic E-state index is 0.971. The Morgan fingerprint density at radius 1 is 1.00 bits per heavy atom. The Bertz CT molecular complexity index is 213. The average Bonchev–Trinajstić information content (AvgIpc) is 2.22. The van der Waals surface area contributed by atoms with Gasteiger partial charge in [-0.15, -0.1) is 0 Å². The fourth-order valence-electron chi connectivity index (χ4n) is 3.78. The highest BCUT2D eigenvalue weighted by Gasteiger charge is 2.38. The molecular formula is C15H29N. The molecule has 5 unspecified atom stereocenters. The molecule has 16 heavy (non-hydrogen) atoms. The summed E-state index contributed by atoms with van der Waals surface area (Å²) in [6.45, 7) is 9.55. The Labute approximate surface area is 101 Å². The average molecular weight is 223 g/mol. The van der Waals surface area contributed by atoms with E-state index in [-0.39, 0.29) is 0 Å². The predicted molar refractivity (Wildman–Crippen MR) is 70.4 cm³/mol. The van der Waals surface area contributed by atoms with Crippen molar-refractivity contribution in [2.45, 2.75) is 52.9 Å². The molecule has 0 radical (unpaired) electrons. The summed E-state index contributed by atoms with van der Waals surface area (Å²) in [5.41, 5.74) is 0. The second-order valence-corrected chi connectivity index (χ2v) is 6.34. The predicted octanol–water partition coefficient (Wildman–Crippen LogP) is 3.69. The van der Waals surface area contributed by atoms with Gasteiger partial charge in [0, 0.05) is 0 Å². The molecule has 2 fully saturated rings. The van der Waals surface area contributed by atoms with Crippen molar-refractivity contribution < 1.29 is 0 Å². The van der Waals surface area contributed by atoms with Crippen molar-refractivity contribution in [2.75, 3.05) is 13.1 Å². The molecule has 2 saturated carbocycles. The quantitative estimate of drug-likeness (QED) is 0.766. The van der Waals surface area contributed by atoms with Crippen molar-refractivity contribution in [2.24, 2.45) is 29.6 Å². The molecule has 0 heterocycles. The van der Waals surface area contributed by atoms with E-state index < -0.39 is 0 Å². The highest BCUT2D eigenvalue weighted by molar-refractivity contribution is 4.90. The highest BCUT2D eigenvalue weighted by Crippen LogP contribution is 2.47. The first-order valence-corrected chi connectivity index (χ1v) is 7.43. The van der Waals surface area contributed by atoms with E-state index in [2.05, 4.69) is 26.1 Å². The molecule has 2 rings (SSSR count). The van der Waals surface area contributed by atoms with E-state index in [9.17, 15) is 0 Å². The zero-order valence-electron chi connectivity index (χ0n) is 11.3. The third kappa shape index (κ3) is 2.61. The van der Waals surface area contributed by atoms with Crippen LogP contribution in [0.3, 0.4) is 0 Å². The molecule has 1 N–H and O–H groups in total. The normalized spacial score (nSPS) is 44.1. The van der Waals surface area contributed by atoms with Crippen LogP contribution >= 0.6 is 0 Å². The summed E-state index contributed by atoms with van der Waals surface area (Å²) in [6, 6.07) is 0. The number of hydrogen-bond acceptors (Lipinski definition) is 1. The van der Waals surface area contributed by atoms with Gasteiger partial charge in [0.2, 0.25) is 0 Å². The monoisotopic (exact) mass is 223 g/mol. The van der Waals surface area contributed by atoms with Gasteiger partial charge in [0.05, 0.1) is 0 Å². The lowest BCUT2D eigenvalue weighted by molar-refractivity contribution is 0.0510. The van der Waals surface area contributed by atoms with Gasteiger partial charge in [-0.1, -0.05) is 27.2 Å². The molecule has 2 aliphatic rings. The number of rotatable bonds is 4. The molecular weight excluding hydrogens is 194 g/mol. The van der Waals surface area contributed by atoms with Crippen molar-refractivity contribution in [3.05, 3.63) is 0 Å². The Morgan fingerprint density at radius 2 is 1.81 bits per heavy atom. The lowest BCUT2D eigenvalue weighted by atomic mass is 9.60. The van der Waals surface area contributed by atoms with E-state index in [1.54, 1.807) is 0 Å². The summed E-state index contributed by atoms with van der Waals surface area (Å²) in [7, 11) is 0. The topological polar surface area (TPSA) is 12.0 Å². The molecule has 0 aliphatic heterocycles. The molecule has 0 aromatic rings. The Morgan fingerprint density at radius 3 is 2.38 bits per heavy atom. The summed E-state index contributed by atoms with van der Waals surface area (Å²) >= 11 is 0. The van der Waals surface area contributed by atoms with Gasteiger partial charge in [0.25, 0.3) is 0 Å². The third-order valence-electron chi connectivity index (χ3n) is 5.38. The van der Waals surface area contributed by atoms with Gasteiger partial charge in [0.1, 0.15) is 0 Å². The van der Waals surface area contributed by atoms with Crippen molar-refractivity contribution in [1.29, 1.82) is 0 Å². The van der Waals surface area contributed by atoms with Gasteiger partial charge in [-0.25, -0.2) is 0 Å². The van der Waals surface area contributed by atoms with Crippen LogP contribution in [-0.4, -0.2) is 13.1 Å². The summed E-state index contributed by atoms with van der Waals surface area (Å²) in [6.07, 6.45) is 7.50. The molecule has 0 spiro atoms. The summed E-state index contributed by atoms with van der Waals surface area (Å²) in [5, 5.41) is 3.54. The smallest absolute Gasteiger partial charge is 0.00179 e. The van der Waals surface area contributed by atoms with Crippen molar-refractivity contribution in [3.8, 4) is 0 Å². The zero-order chi connectivity index (χ0) is 11.5. The molecule has 94 valence electrons. The second kappa shape index (κ2) is 5.53. The van der Waals surface area contributed by atoms with E-state index in [1.807, 2.05) is 0 Å². The third-order valence-corrected chi connectivity index (χ3v) is 5.38. The minimum Gasteiger partial charge on any atom is -0.317 e. The minimum atomic E-state index is 0.971. The molecule has 0 saturated heterocycles. The summed E-state index contributed by atoms with van der Waals surface area (Å²) in [5.74, 6) is 5.07. The molecule has 5 atom stereocenters. The Kier molecular flexibility index (Phi) is 4.29. The van der Waals surface area contributed by atoms with Gasteiger partial charge < -0.3 is 5.32 Å². The first-order chi connectivity index (χ1) is 7.72. The van der Waals surface area contributed by atoms with Gasteiger partial charge in [-0.05, 0) is 68.4 Å². The van der Waals surface area contributed by atoms with Crippen LogP contribution in [0, 0.1) is 29.6 Å². The van der Waals surface area contributed by atoms with Crippen LogP contribution in [0.1, 0.15) is 52.9 Å². The van der Waals surface area contributed by atoms with E-state index in [1.165, 1.54) is 38.6 Å². The molecule has 0 aromatic carbocycles. The molecule has 0 bridgehead atoms. The summed E-state index contributed by atoms with van der Waals surface area (Å²) in [4.78, 5) is 0. The van der Waals surface area contributed by atoms with Crippen molar-refractivity contribution in [3.63, 3.8) is 0 Å². The molecule has 1 nitrogen and oxygen atoms in total. The SMILES string of the molecule is CCNCC1CCC1C1CCC(C)C(C)C1. The fraction of sp³-hybridized carbons (Fsp3) is 1.00. The van der Waals surface area contributed by atoms with E-state index >= 15 is 0 Å². The van der Waals surface area contributed by atoms with E-state index in [0.717, 1.165) is 36.1 Å². The van der Waals surface area contributed by atoms with Gasteiger partial charge in [-0.3, -0.25) is 0 Å². The largest absolute Gasteiger partial charge is 0.317 e. The lowest BCUT2D eigenvalue weighted by Gasteiger charge is -2.46. The first kappa shape index (κ1) is 12.4.